The van der Waals surface area contributed by atoms with Crippen LogP contribution in [0.2, 0.25) is 0 Å². The van der Waals surface area contributed by atoms with Crippen LogP contribution >= 0.6 is 0 Å². The number of carbonyl (C=O) groups excluding carboxylic acids is 3. The van der Waals surface area contributed by atoms with E-state index in [0.29, 0.717) is 22.6 Å². The molecule has 0 aliphatic carbocycles. The van der Waals surface area contributed by atoms with Gasteiger partial charge in [-0.15, -0.1) is 0 Å². The molecule has 0 fully saturated rings. The quantitative estimate of drug-likeness (QED) is 0.629. The summed E-state index contributed by atoms with van der Waals surface area (Å²) < 4.78 is 15.1. The second kappa shape index (κ2) is 7.86. The number of aromatic amines is 1. The van der Waals surface area contributed by atoms with Crippen LogP contribution < -0.4 is 4.74 Å². The van der Waals surface area contributed by atoms with E-state index in [0.717, 1.165) is 0 Å². The number of rotatable bonds is 6. The highest BCUT2D eigenvalue weighted by Crippen LogP contribution is 2.21. The number of benzene rings is 1. The zero-order valence-electron chi connectivity index (χ0n) is 15.3. The van der Waals surface area contributed by atoms with Gasteiger partial charge in [-0.2, -0.15) is 0 Å². The van der Waals surface area contributed by atoms with Crippen molar-refractivity contribution in [2.75, 3.05) is 14.2 Å². The van der Waals surface area contributed by atoms with Crippen molar-refractivity contribution in [1.29, 1.82) is 0 Å². The highest BCUT2D eigenvalue weighted by atomic mass is 16.5. The molecule has 0 saturated carbocycles. The van der Waals surface area contributed by atoms with Gasteiger partial charge in [0.05, 0.1) is 31.0 Å². The highest BCUT2D eigenvalue weighted by Gasteiger charge is 2.27. The Balaban J connectivity index is 2.19. The third kappa shape index (κ3) is 3.77. The average Bonchev–Trinajstić information content (AvgIpc) is 2.94. The molecular weight excluding hydrogens is 338 g/mol. The first kappa shape index (κ1) is 19.2. The predicted octanol–water partition coefficient (Wildman–Crippen LogP) is 2.85. The summed E-state index contributed by atoms with van der Waals surface area (Å²) in [5.74, 6) is -1.09. The molecule has 7 nitrogen and oxygen atoms in total. The van der Waals surface area contributed by atoms with Gasteiger partial charge in [-0.3, -0.25) is 4.79 Å². The summed E-state index contributed by atoms with van der Waals surface area (Å²) >= 11 is 0. The molecule has 138 valence electrons. The number of esters is 2. The van der Waals surface area contributed by atoms with Crippen LogP contribution in [0, 0.1) is 13.8 Å². The molecule has 1 aromatic heterocycles. The highest BCUT2D eigenvalue weighted by molar-refractivity contribution is 6.04. The second-order valence-corrected chi connectivity index (χ2v) is 5.76. The fraction of sp³-hybridized carbons (Fsp3) is 0.316. The fourth-order valence-corrected chi connectivity index (χ4v) is 2.64. The van der Waals surface area contributed by atoms with Crippen LogP contribution in [0.25, 0.3) is 0 Å². The molecule has 26 heavy (non-hydrogen) atoms. The van der Waals surface area contributed by atoms with Gasteiger partial charge in [0, 0.05) is 5.69 Å². The topological polar surface area (TPSA) is 94.7 Å². The largest absolute Gasteiger partial charge is 0.497 e. The fourth-order valence-electron chi connectivity index (χ4n) is 2.64. The summed E-state index contributed by atoms with van der Waals surface area (Å²) in [4.78, 5) is 39.6. The first-order chi connectivity index (χ1) is 12.3. The summed E-state index contributed by atoms with van der Waals surface area (Å²) in [6, 6.07) is 6.45. The Morgan fingerprint density at radius 3 is 2.38 bits per heavy atom. The van der Waals surface area contributed by atoms with Gasteiger partial charge in [-0.25, -0.2) is 9.59 Å². The number of aromatic nitrogens is 1. The normalized spacial score (nSPS) is 11.6. The van der Waals surface area contributed by atoms with Crippen LogP contribution in [0.5, 0.6) is 5.75 Å². The number of ether oxygens (including phenoxy) is 3. The molecule has 1 atom stereocenters. The summed E-state index contributed by atoms with van der Waals surface area (Å²) in [7, 11) is 2.76. The SMILES string of the molecule is COC(=O)c1c(C)[nH]c(C(=O)[C@@H](C)OC(=O)c2cccc(OC)c2)c1C. The first-order valence-electron chi connectivity index (χ1n) is 7.96. The number of H-pyrrole nitrogens is 1. The summed E-state index contributed by atoms with van der Waals surface area (Å²) in [6.45, 7) is 4.79. The predicted molar refractivity (Wildman–Crippen MR) is 93.8 cm³/mol. The van der Waals surface area contributed by atoms with Gasteiger partial charge >= 0.3 is 11.9 Å². The summed E-state index contributed by atoms with van der Waals surface area (Å²) in [5.41, 5.74) is 1.78. The molecule has 0 spiro atoms. The minimum absolute atomic E-state index is 0.217. The lowest BCUT2D eigenvalue weighted by molar-refractivity contribution is 0.0316. The molecule has 0 radical (unpaired) electrons. The van der Waals surface area contributed by atoms with E-state index >= 15 is 0 Å². The van der Waals surface area contributed by atoms with Gasteiger partial charge in [0.2, 0.25) is 5.78 Å². The number of Topliss-reactive ketones (excluding diaryl/α,β-unsaturated/α-hetero) is 1. The van der Waals surface area contributed by atoms with Crippen molar-refractivity contribution >= 4 is 17.7 Å². The van der Waals surface area contributed by atoms with Crippen molar-refractivity contribution in [2.45, 2.75) is 26.9 Å². The van der Waals surface area contributed by atoms with E-state index in [9.17, 15) is 14.4 Å². The molecule has 0 amide bonds. The van der Waals surface area contributed by atoms with Crippen LogP contribution in [0.4, 0.5) is 0 Å². The Bertz CT molecular complexity index is 852. The lowest BCUT2D eigenvalue weighted by atomic mass is 10.1. The molecule has 1 aromatic carbocycles. The van der Waals surface area contributed by atoms with E-state index in [4.69, 9.17) is 14.2 Å². The molecule has 2 rings (SSSR count). The Hall–Kier alpha value is -3.09. The molecule has 1 heterocycles. The molecule has 1 N–H and O–H groups in total. The molecular formula is C19H21NO6. The minimum Gasteiger partial charge on any atom is -0.497 e. The van der Waals surface area contributed by atoms with Gasteiger partial charge in [-0.05, 0) is 44.5 Å². The molecule has 0 unspecified atom stereocenters. The van der Waals surface area contributed by atoms with E-state index in [2.05, 4.69) is 4.98 Å². The van der Waals surface area contributed by atoms with Crippen LogP contribution in [0.15, 0.2) is 24.3 Å². The number of hydrogen-bond acceptors (Lipinski definition) is 6. The maximum atomic E-state index is 12.6. The maximum absolute atomic E-state index is 12.6. The Morgan fingerprint density at radius 2 is 1.77 bits per heavy atom. The van der Waals surface area contributed by atoms with Gasteiger partial charge in [0.25, 0.3) is 0 Å². The summed E-state index contributed by atoms with van der Waals surface area (Å²) in [5, 5.41) is 0. The lowest BCUT2D eigenvalue weighted by Crippen LogP contribution is -2.25. The van der Waals surface area contributed by atoms with E-state index in [1.165, 1.54) is 27.2 Å². The van der Waals surface area contributed by atoms with E-state index in [1.54, 1.807) is 32.0 Å². The van der Waals surface area contributed by atoms with Crippen LogP contribution in [0.1, 0.15) is 49.4 Å². The van der Waals surface area contributed by atoms with Crippen LogP contribution in [-0.2, 0) is 9.47 Å². The monoisotopic (exact) mass is 359 g/mol. The van der Waals surface area contributed by atoms with Gasteiger partial charge in [0.1, 0.15) is 5.75 Å². The minimum atomic E-state index is -1.03. The van der Waals surface area contributed by atoms with Gasteiger partial charge in [-0.1, -0.05) is 6.07 Å². The lowest BCUT2D eigenvalue weighted by Gasteiger charge is -2.12. The molecule has 0 aliphatic rings. The van der Waals surface area contributed by atoms with Crippen molar-refractivity contribution < 1.29 is 28.6 Å². The number of ketones is 1. The Morgan fingerprint density at radius 1 is 1.08 bits per heavy atom. The second-order valence-electron chi connectivity index (χ2n) is 5.76. The van der Waals surface area contributed by atoms with Crippen LogP contribution in [0.3, 0.4) is 0 Å². The van der Waals surface area contributed by atoms with Crippen molar-refractivity contribution in [3.05, 3.63) is 52.3 Å². The first-order valence-corrected chi connectivity index (χ1v) is 7.96. The number of carbonyl (C=O) groups is 3. The molecule has 2 aromatic rings. The number of aryl methyl sites for hydroxylation is 1. The van der Waals surface area contributed by atoms with E-state index in [1.807, 2.05) is 0 Å². The zero-order valence-corrected chi connectivity index (χ0v) is 15.3. The third-order valence-corrected chi connectivity index (χ3v) is 4.03. The van der Waals surface area contributed by atoms with Crippen molar-refractivity contribution in [3.63, 3.8) is 0 Å². The Labute approximate surface area is 151 Å². The van der Waals surface area contributed by atoms with E-state index in [-0.39, 0.29) is 11.3 Å². The van der Waals surface area contributed by atoms with Crippen molar-refractivity contribution in [3.8, 4) is 5.75 Å². The van der Waals surface area contributed by atoms with Crippen molar-refractivity contribution in [1.82, 2.24) is 4.98 Å². The third-order valence-electron chi connectivity index (χ3n) is 4.03. The number of methoxy groups -OCH3 is 2. The Kier molecular flexibility index (Phi) is 5.82. The standard InChI is InChI=1S/C19H21NO6/c1-10-15(19(23)25-5)11(2)20-16(10)17(21)12(3)26-18(22)13-7-6-8-14(9-13)24-4/h6-9,12,20H,1-5H3/t12-/m1/s1. The van der Waals surface area contributed by atoms with E-state index < -0.39 is 23.8 Å². The molecule has 0 saturated heterocycles. The summed E-state index contributed by atoms with van der Waals surface area (Å²) in [6.07, 6.45) is -1.03. The van der Waals surface area contributed by atoms with Crippen LogP contribution in [-0.4, -0.2) is 43.0 Å². The molecule has 0 aliphatic heterocycles. The number of nitrogens with one attached hydrogen (secondary N) is 1. The van der Waals surface area contributed by atoms with Gasteiger partial charge in [0.15, 0.2) is 6.10 Å². The molecule has 0 bridgehead atoms. The average molecular weight is 359 g/mol. The zero-order chi connectivity index (χ0) is 19.4. The smallest absolute Gasteiger partial charge is 0.339 e. The maximum Gasteiger partial charge on any atom is 0.339 e. The molecule has 7 heteroatoms. The number of hydrogen-bond donors (Lipinski definition) is 1. The van der Waals surface area contributed by atoms with Crippen molar-refractivity contribution in [2.24, 2.45) is 0 Å². The van der Waals surface area contributed by atoms with Gasteiger partial charge < -0.3 is 19.2 Å².